The van der Waals surface area contributed by atoms with Gasteiger partial charge in [0.15, 0.2) is 0 Å². The maximum Gasteiger partial charge on any atom is 0.0489 e. The van der Waals surface area contributed by atoms with Crippen LogP contribution in [-0.2, 0) is 14.1 Å². The van der Waals surface area contributed by atoms with E-state index in [-0.39, 0.29) is 0 Å². The van der Waals surface area contributed by atoms with Crippen LogP contribution in [0.15, 0.2) is 70.7 Å². The number of hydrogen-bond acceptors (Lipinski definition) is 2. The lowest BCUT2D eigenvalue weighted by atomic mass is 10.2. The van der Waals surface area contributed by atoms with Crippen LogP contribution >= 0.6 is 21.6 Å². The van der Waals surface area contributed by atoms with Crippen molar-refractivity contribution >= 4 is 43.4 Å². The molecule has 4 heteroatoms. The predicted molar refractivity (Wildman–Crippen MR) is 97.6 cm³/mol. The first kappa shape index (κ1) is 13.9. The van der Waals surface area contributed by atoms with E-state index < -0.39 is 0 Å². The summed E-state index contributed by atoms with van der Waals surface area (Å²) in [5.41, 5.74) is 2.56. The predicted octanol–water partition coefficient (Wildman–Crippen LogP) is 5.47. The molecular formula is C18H16N2S2. The minimum Gasteiger partial charge on any atom is -0.349 e. The summed E-state index contributed by atoms with van der Waals surface area (Å²) >= 11 is 0. The van der Waals surface area contributed by atoms with Gasteiger partial charge in [-0.2, -0.15) is 0 Å². The molecule has 0 bridgehead atoms. The third kappa shape index (κ3) is 2.23. The highest BCUT2D eigenvalue weighted by Gasteiger charge is 2.10. The molecular weight excluding hydrogens is 308 g/mol. The van der Waals surface area contributed by atoms with Crippen molar-refractivity contribution in [1.29, 1.82) is 0 Å². The van der Waals surface area contributed by atoms with Crippen LogP contribution in [0.1, 0.15) is 0 Å². The molecule has 110 valence electrons. The lowest BCUT2D eigenvalue weighted by molar-refractivity contribution is 0.957. The number of nitrogens with zero attached hydrogens (tertiary/aromatic N) is 2. The van der Waals surface area contributed by atoms with E-state index in [2.05, 4.69) is 84.2 Å². The highest BCUT2D eigenvalue weighted by atomic mass is 33.1. The van der Waals surface area contributed by atoms with Gasteiger partial charge in [-0.25, -0.2) is 0 Å². The van der Waals surface area contributed by atoms with Crippen molar-refractivity contribution in [2.24, 2.45) is 14.1 Å². The van der Waals surface area contributed by atoms with Crippen LogP contribution in [0.25, 0.3) is 21.8 Å². The summed E-state index contributed by atoms with van der Waals surface area (Å²) in [6, 6.07) is 17.1. The summed E-state index contributed by atoms with van der Waals surface area (Å²) in [5, 5.41) is 2.64. The number of hydrogen-bond donors (Lipinski definition) is 0. The Labute approximate surface area is 137 Å². The molecule has 0 aliphatic rings. The van der Waals surface area contributed by atoms with Gasteiger partial charge in [0.2, 0.25) is 0 Å². The Morgan fingerprint density at radius 3 is 1.50 bits per heavy atom. The van der Waals surface area contributed by atoms with Gasteiger partial charge < -0.3 is 9.13 Å². The topological polar surface area (TPSA) is 9.86 Å². The first-order valence-corrected chi connectivity index (χ1v) is 9.31. The summed E-state index contributed by atoms with van der Waals surface area (Å²) in [6.07, 6.45) is 4.43. The number of aromatic nitrogens is 2. The molecule has 2 nitrogen and oxygen atoms in total. The van der Waals surface area contributed by atoms with Gasteiger partial charge in [0, 0.05) is 58.1 Å². The van der Waals surface area contributed by atoms with Crippen LogP contribution in [-0.4, -0.2) is 9.13 Å². The quantitative estimate of drug-likeness (QED) is 0.462. The Kier molecular flexibility index (Phi) is 3.43. The van der Waals surface area contributed by atoms with E-state index in [1.54, 1.807) is 0 Å². The van der Waals surface area contributed by atoms with Crippen molar-refractivity contribution in [3.8, 4) is 0 Å². The average Bonchev–Trinajstić information content (AvgIpc) is 3.04. The fourth-order valence-corrected chi connectivity index (χ4v) is 5.27. The lowest BCUT2D eigenvalue weighted by Crippen LogP contribution is -1.81. The second-order valence-corrected chi connectivity index (χ2v) is 7.62. The van der Waals surface area contributed by atoms with Gasteiger partial charge in [0.25, 0.3) is 0 Å². The zero-order valence-electron chi connectivity index (χ0n) is 12.5. The molecule has 0 radical (unpaired) electrons. The fraction of sp³-hybridized carbons (Fsp3) is 0.111. The zero-order valence-corrected chi connectivity index (χ0v) is 14.1. The van der Waals surface area contributed by atoms with Crippen molar-refractivity contribution in [2.45, 2.75) is 9.79 Å². The van der Waals surface area contributed by atoms with Gasteiger partial charge in [-0.15, -0.1) is 0 Å². The molecule has 0 aliphatic heterocycles. The molecule has 4 aromatic rings. The molecule has 0 spiro atoms. The smallest absolute Gasteiger partial charge is 0.0489 e. The maximum atomic E-state index is 2.22. The van der Waals surface area contributed by atoms with E-state index in [1.165, 1.54) is 31.6 Å². The first-order valence-electron chi connectivity index (χ1n) is 7.17. The summed E-state index contributed by atoms with van der Waals surface area (Å²) in [4.78, 5) is 2.63. The van der Waals surface area contributed by atoms with Crippen LogP contribution in [0.3, 0.4) is 0 Å². The van der Waals surface area contributed by atoms with E-state index in [0.717, 1.165) is 0 Å². The van der Waals surface area contributed by atoms with E-state index in [9.17, 15) is 0 Å². The third-order valence-corrected chi connectivity index (χ3v) is 6.36. The Morgan fingerprint density at radius 1 is 0.636 bits per heavy atom. The number of aryl methyl sites for hydroxylation is 2. The van der Waals surface area contributed by atoms with Gasteiger partial charge in [0.1, 0.15) is 0 Å². The first-order chi connectivity index (χ1) is 10.7. The minimum absolute atomic E-state index is 1.28. The number of para-hydroxylation sites is 2. The molecule has 4 rings (SSSR count). The number of benzene rings is 2. The number of fused-ring (bicyclic) bond motifs is 2. The summed E-state index contributed by atoms with van der Waals surface area (Å²) in [5.74, 6) is 0. The molecule has 0 saturated heterocycles. The van der Waals surface area contributed by atoms with Gasteiger partial charge in [-0.05, 0) is 12.1 Å². The maximum absolute atomic E-state index is 2.22. The van der Waals surface area contributed by atoms with Crippen LogP contribution < -0.4 is 0 Å². The molecule has 0 fully saturated rings. The van der Waals surface area contributed by atoms with Crippen LogP contribution in [0.4, 0.5) is 0 Å². The highest BCUT2D eigenvalue weighted by Crippen LogP contribution is 2.43. The van der Waals surface area contributed by atoms with Gasteiger partial charge in [0.05, 0.1) is 0 Å². The monoisotopic (exact) mass is 324 g/mol. The van der Waals surface area contributed by atoms with Crippen molar-refractivity contribution in [3.63, 3.8) is 0 Å². The van der Waals surface area contributed by atoms with Crippen molar-refractivity contribution in [3.05, 3.63) is 60.9 Å². The molecule has 0 amide bonds. The standard InChI is InChI=1S/C18H16N2S2/c1-19-11-17(13-7-3-5-9-15(13)19)21-22-18-12-20(2)16-10-6-4-8-14(16)18/h3-12H,1-2H3. The van der Waals surface area contributed by atoms with Crippen LogP contribution in [0.2, 0.25) is 0 Å². The molecule has 2 aromatic heterocycles. The van der Waals surface area contributed by atoms with Gasteiger partial charge >= 0.3 is 0 Å². The van der Waals surface area contributed by atoms with Crippen molar-refractivity contribution < 1.29 is 0 Å². The van der Waals surface area contributed by atoms with E-state index in [0.29, 0.717) is 0 Å². The Bertz CT molecular complexity index is 886. The molecule has 22 heavy (non-hydrogen) atoms. The van der Waals surface area contributed by atoms with Crippen molar-refractivity contribution in [1.82, 2.24) is 9.13 Å². The van der Waals surface area contributed by atoms with E-state index in [1.807, 2.05) is 21.6 Å². The van der Waals surface area contributed by atoms with E-state index >= 15 is 0 Å². The SMILES string of the molecule is Cn1cc(SSc2cn(C)c3ccccc23)c2ccccc21. The van der Waals surface area contributed by atoms with Crippen LogP contribution in [0, 0.1) is 0 Å². The summed E-state index contributed by atoms with van der Waals surface area (Å²) < 4.78 is 4.39. The molecule has 0 unspecified atom stereocenters. The Hall–Kier alpha value is -1.78. The third-order valence-electron chi connectivity index (χ3n) is 3.94. The summed E-state index contributed by atoms with van der Waals surface area (Å²) in [6.45, 7) is 0. The highest BCUT2D eigenvalue weighted by molar-refractivity contribution is 8.76. The normalized spacial score (nSPS) is 11.5. The molecule has 0 atom stereocenters. The van der Waals surface area contributed by atoms with Crippen LogP contribution in [0.5, 0.6) is 0 Å². The molecule has 0 saturated carbocycles. The largest absolute Gasteiger partial charge is 0.349 e. The molecule has 2 aromatic carbocycles. The Morgan fingerprint density at radius 2 is 1.05 bits per heavy atom. The number of rotatable bonds is 3. The zero-order chi connectivity index (χ0) is 15.1. The second-order valence-electron chi connectivity index (χ2n) is 5.41. The van der Waals surface area contributed by atoms with Gasteiger partial charge in [-0.3, -0.25) is 0 Å². The average molecular weight is 324 g/mol. The lowest BCUT2D eigenvalue weighted by Gasteiger charge is -1.98. The second kappa shape index (κ2) is 5.45. The summed E-state index contributed by atoms with van der Waals surface area (Å²) in [7, 11) is 7.88. The molecule has 2 heterocycles. The van der Waals surface area contributed by atoms with E-state index in [4.69, 9.17) is 0 Å². The minimum atomic E-state index is 1.28. The Balaban J connectivity index is 1.69. The fourth-order valence-electron chi connectivity index (χ4n) is 2.83. The molecule has 0 N–H and O–H groups in total. The molecule has 0 aliphatic carbocycles. The van der Waals surface area contributed by atoms with Gasteiger partial charge in [-0.1, -0.05) is 58.0 Å². The van der Waals surface area contributed by atoms with Crippen molar-refractivity contribution in [2.75, 3.05) is 0 Å².